The van der Waals surface area contributed by atoms with E-state index in [1.807, 2.05) is 6.92 Å². The van der Waals surface area contributed by atoms with Crippen LogP contribution >= 0.6 is 0 Å². The van der Waals surface area contributed by atoms with E-state index in [-0.39, 0.29) is 0 Å². The van der Waals surface area contributed by atoms with Gasteiger partial charge >= 0.3 is 11.9 Å². The molecule has 0 fully saturated rings. The van der Waals surface area contributed by atoms with Crippen LogP contribution in [0.4, 0.5) is 0 Å². The number of carbonyl (C=O) groups excluding carboxylic acids is 1. The van der Waals surface area contributed by atoms with Gasteiger partial charge in [-0.2, -0.15) is 4.89 Å². The van der Waals surface area contributed by atoms with Crippen molar-refractivity contribution < 1.29 is 34.2 Å². The molecular formula is C10H18O7. The molecule has 0 aromatic heterocycles. The number of rotatable bonds is 9. The highest BCUT2D eigenvalue weighted by atomic mass is 17.5. The van der Waals surface area contributed by atoms with Crippen LogP contribution in [0.1, 0.15) is 33.6 Å². The zero-order valence-electron chi connectivity index (χ0n) is 10.2. The summed E-state index contributed by atoms with van der Waals surface area (Å²) in [4.78, 5) is 30.1. The van der Waals surface area contributed by atoms with Gasteiger partial charge in [-0.25, -0.2) is 9.59 Å². The molecule has 7 heteroatoms. The van der Waals surface area contributed by atoms with Gasteiger partial charge in [0, 0.05) is 0 Å². The molecule has 0 unspecified atom stereocenters. The summed E-state index contributed by atoms with van der Waals surface area (Å²) in [6.45, 7) is 4.47. The fraction of sp³-hybridized carbons (Fsp3) is 0.800. The molecule has 1 N–H and O–H groups in total. The standard InChI is InChI=1S/C10H18O7/c1-4-5-10(2,3)16-17-15-9(13)7-14-6-8(11)12/h4-7H2,1-3H3,(H,11,12). The first-order valence-electron chi connectivity index (χ1n) is 5.22. The molecule has 0 saturated carbocycles. The average molecular weight is 250 g/mol. The highest BCUT2D eigenvalue weighted by Crippen LogP contribution is 2.16. The van der Waals surface area contributed by atoms with Gasteiger partial charge in [0.2, 0.25) is 0 Å². The van der Waals surface area contributed by atoms with E-state index in [0.717, 1.165) is 12.8 Å². The van der Waals surface area contributed by atoms with Crippen molar-refractivity contribution in [2.45, 2.75) is 39.2 Å². The second-order valence-electron chi connectivity index (χ2n) is 4.00. The van der Waals surface area contributed by atoms with E-state index < -0.39 is 30.8 Å². The molecule has 0 bridgehead atoms. The van der Waals surface area contributed by atoms with Crippen LogP contribution in [0.2, 0.25) is 0 Å². The molecular weight excluding hydrogens is 232 g/mol. The average Bonchev–Trinajstić information content (AvgIpc) is 2.16. The molecule has 0 atom stereocenters. The van der Waals surface area contributed by atoms with E-state index in [4.69, 9.17) is 9.99 Å². The summed E-state index contributed by atoms with van der Waals surface area (Å²) in [5.74, 6) is -2.03. The van der Waals surface area contributed by atoms with Crippen LogP contribution in [0, 0.1) is 0 Å². The molecule has 0 radical (unpaired) electrons. The van der Waals surface area contributed by atoms with Gasteiger partial charge < -0.3 is 9.84 Å². The molecule has 0 aromatic carbocycles. The summed E-state index contributed by atoms with van der Waals surface area (Å²) in [5.41, 5.74) is -0.559. The van der Waals surface area contributed by atoms with Gasteiger partial charge in [-0.05, 0) is 25.3 Å². The molecule has 0 saturated heterocycles. The van der Waals surface area contributed by atoms with Crippen molar-refractivity contribution in [2.24, 2.45) is 0 Å². The van der Waals surface area contributed by atoms with Gasteiger partial charge in [0.05, 0.1) is 0 Å². The zero-order chi connectivity index (χ0) is 13.3. The number of carbonyl (C=O) groups is 2. The van der Waals surface area contributed by atoms with Crippen molar-refractivity contribution in [1.29, 1.82) is 0 Å². The summed E-state index contributed by atoms with van der Waals surface area (Å²) in [6, 6.07) is 0. The predicted octanol–water partition coefficient (Wildman–Crippen LogP) is 1.07. The van der Waals surface area contributed by atoms with E-state index >= 15 is 0 Å². The summed E-state index contributed by atoms with van der Waals surface area (Å²) in [7, 11) is 0. The molecule has 0 aliphatic heterocycles. The Morgan fingerprint density at radius 1 is 1.24 bits per heavy atom. The summed E-state index contributed by atoms with van der Waals surface area (Å²) in [5, 5.41) is 12.5. The van der Waals surface area contributed by atoms with Crippen molar-refractivity contribution in [2.75, 3.05) is 13.2 Å². The van der Waals surface area contributed by atoms with Gasteiger partial charge in [-0.1, -0.05) is 13.3 Å². The monoisotopic (exact) mass is 250 g/mol. The number of hydrogen-bond donors (Lipinski definition) is 1. The van der Waals surface area contributed by atoms with E-state index in [1.54, 1.807) is 13.8 Å². The third kappa shape index (κ3) is 9.73. The smallest absolute Gasteiger partial charge is 0.371 e. The Kier molecular flexibility index (Phi) is 7.44. The molecule has 0 amide bonds. The normalized spacial score (nSPS) is 11.2. The Morgan fingerprint density at radius 2 is 1.88 bits per heavy atom. The molecule has 0 aromatic rings. The lowest BCUT2D eigenvalue weighted by Crippen LogP contribution is -2.26. The largest absolute Gasteiger partial charge is 0.480 e. The van der Waals surface area contributed by atoms with Gasteiger partial charge in [0.25, 0.3) is 0 Å². The van der Waals surface area contributed by atoms with Gasteiger partial charge in [-0.3, -0.25) is 4.89 Å². The van der Waals surface area contributed by atoms with Crippen molar-refractivity contribution in [3.8, 4) is 0 Å². The zero-order valence-corrected chi connectivity index (χ0v) is 10.2. The minimum absolute atomic E-state index is 0.510. The van der Waals surface area contributed by atoms with Crippen LogP contribution in [0.3, 0.4) is 0 Å². The first-order chi connectivity index (χ1) is 7.87. The third-order valence-electron chi connectivity index (χ3n) is 1.68. The van der Waals surface area contributed by atoms with Crippen LogP contribution in [0.15, 0.2) is 0 Å². The van der Waals surface area contributed by atoms with Crippen LogP contribution in [-0.4, -0.2) is 35.9 Å². The SMILES string of the molecule is CCCC(C)(C)OOOC(=O)COCC(=O)O. The quantitative estimate of drug-likeness (QED) is 0.483. The molecule has 0 rings (SSSR count). The van der Waals surface area contributed by atoms with E-state index in [1.165, 1.54) is 0 Å². The van der Waals surface area contributed by atoms with Crippen LogP contribution in [0.5, 0.6) is 0 Å². The highest BCUT2D eigenvalue weighted by Gasteiger charge is 2.20. The second kappa shape index (κ2) is 7.99. The number of ether oxygens (including phenoxy) is 1. The Hall–Kier alpha value is -1.18. The van der Waals surface area contributed by atoms with E-state index in [0.29, 0.717) is 0 Å². The maximum atomic E-state index is 10.9. The van der Waals surface area contributed by atoms with Crippen molar-refractivity contribution in [1.82, 2.24) is 0 Å². The first kappa shape index (κ1) is 15.8. The lowest BCUT2D eigenvalue weighted by molar-refractivity contribution is -0.517. The summed E-state index contributed by atoms with van der Waals surface area (Å²) in [6.07, 6.45) is 1.63. The first-order valence-corrected chi connectivity index (χ1v) is 5.22. The number of carboxylic acid groups (broad SMARTS) is 1. The Labute approximate surface area is 99.5 Å². The molecule has 0 aliphatic carbocycles. The second-order valence-corrected chi connectivity index (χ2v) is 4.00. The van der Waals surface area contributed by atoms with Crippen molar-refractivity contribution >= 4 is 11.9 Å². The lowest BCUT2D eigenvalue weighted by Gasteiger charge is -2.20. The number of hydrogen-bond acceptors (Lipinski definition) is 6. The fourth-order valence-electron chi connectivity index (χ4n) is 1.04. The molecule has 0 spiro atoms. The minimum atomic E-state index is -1.17. The van der Waals surface area contributed by atoms with Gasteiger partial charge in [0.1, 0.15) is 18.8 Å². The molecule has 100 valence electrons. The number of carboxylic acids is 1. The van der Waals surface area contributed by atoms with Gasteiger partial charge in [0.15, 0.2) is 0 Å². The van der Waals surface area contributed by atoms with Crippen LogP contribution in [-0.2, 0) is 29.1 Å². The fourth-order valence-corrected chi connectivity index (χ4v) is 1.04. The Morgan fingerprint density at radius 3 is 2.41 bits per heavy atom. The molecule has 7 nitrogen and oxygen atoms in total. The van der Waals surface area contributed by atoms with Crippen LogP contribution < -0.4 is 0 Å². The van der Waals surface area contributed by atoms with Crippen molar-refractivity contribution in [3.63, 3.8) is 0 Å². The lowest BCUT2D eigenvalue weighted by atomic mass is 10.0. The topological polar surface area (TPSA) is 91.3 Å². The van der Waals surface area contributed by atoms with E-state index in [2.05, 4.69) is 14.7 Å². The highest BCUT2D eigenvalue weighted by molar-refractivity contribution is 5.71. The Balaban J connectivity index is 3.60. The molecule has 0 heterocycles. The third-order valence-corrected chi connectivity index (χ3v) is 1.68. The van der Waals surface area contributed by atoms with E-state index in [9.17, 15) is 9.59 Å². The minimum Gasteiger partial charge on any atom is -0.480 e. The number of aliphatic carboxylic acids is 1. The predicted molar refractivity (Wildman–Crippen MR) is 55.7 cm³/mol. The maximum Gasteiger partial charge on any atom is 0.371 e. The Bertz CT molecular complexity index is 249. The molecule has 0 aliphatic rings. The van der Waals surface area contributed by atoms with Gasteiger partial charge in [-0.15, -0.1) is 0 Å². The van der Waals surface area contributed by atoms with Crippen molar-refractivity contribution in [3.05, 3.63) is 0 Å². The summed E-state index contributed by atoms with van der Waals surface area (Å²) >= 11 is 0. The maximum absolute atomic E-state index is 10.9. The summed E-state index contributed by atoms with van der Waals surface area (Å²) < 4.78 is 4.48. The van der Waals surface area contributed by atoms with Crippen LogP contribution in [0.25, 0.3) is 0 Å². The molecule has 17 heavy (non-hydrogen) atoms.